The lowest BCUT2D eigenvalue weighted by Gasteiger charge is -2.23. The van der Waals surface area contributed by atoms with Crippen molar-refractivity contribution in [2.75, 3.05) is 13.1 Å². The van der Waals surface area contributed by atoms with Crippen LogP contribution in [0.3, 0.4) is 0 Å². The lowest BCUT2D eigenvalue weighted by Crippen LogP contribution is -2.34. The summed E-state index contributed by atoms with van der Waals surface area (Å²) in [7, 11) is 0. The van der Waals surface area contributed by atoms with Crippen LogP contribution in [0.5, 0.6) is 0 Å². The third kappa shape index (κ3) is 3.04. The first-order valence-corrected chi connectivity index (χ1v) is 9.07. The summed E-state index contributed by atoms with van der Waals surface area (Å²) < 4.78 is 0. The van der Waals surface area contributed by atoms with Crippen LogP contribution >= 0.6 is 0 Å². The Kier molecular flexibility index (Phi) is 4.67. The maximum atomic E-state index is 13.3. The van der Waals surface area contributed by atoms with Crippen LogP contribution in [0.15, 0.2) is 71.8 Å². The van der Waals surface area contributed by atoms with Crippen molar-refractivity contribution in [2.45, 2.75) is 0 Å². The molecule has 0 fully saturated rings. The molecule has 2 aliphatic heterocycles. The first kappa shape index (κ1) is 19.1. The number of amides is 2. The highest BCUT2D eigenvalue weighted by Crippen LogP contribution is 2.46. The van der Waals surface area contributed by atoms with Gasteiger partial charge in [-0.2, -0.15) is 0 Å². The predicted octanol–water partition coefficient (Wildman–Crippen LogP) is 1.66. The molecular formula is C22H16N2O6. The number of carboxylic acids is 2. The molecule has 0 aliphatic carbocycles. The Morgan fingerprint density at radius 1 is 0.633 bits per heavy atom. The molecule has 0 bridgehead atoms. The summed E-state index contributed by atoms with van der Waals surface area (Å²) in [6.07, 6.45) is 0. The molecule has 0 radical (unpaired) electrons. The van der Waals surface area contributed by atoms with Gasteiger partial charge in [0.15, 0.2) is 0 Å². The monoisotopic (exact) mass is 404 g/mol. The number of nitrogens with zero attached hydrogens (tertiary/aromatic N) is 2. The van der Waals surface area contributed by atoms with E-state index in [1.165, 1.54) is 0 Å². The van der Waals surface area contributed by atoms with Crippen LogP contribution in [0.2, 0.25) is 0 Å². The summed E-state index contributed by atoms with van der Waals surface area (Å²) in [4.78, 5) is 51.6. The molecule has 2 aromatic carbocycles. The van der Waals surface area contributed by atoms with Gasteiger partial charge >= 0.3 is 11.9 Å². The number of carboxylic acid groups (broad SMARTS) is 2. The first-order valence-electron chi connectivity index (χ1n) is 9.07. The summed E-state index contributed by atoms with van der Waals surface area (Å²) >= 11 is 0. The molecule has 0 saturated heterocycles. The highest BCUT2D eigenvalue weighted by Gasteiger charge is 2.49. The van der Waals surface area contributed by atoms with Gasteiger partial charge in [-0.1, -0.05) is 60.7 Å². The fourth-order valence-electron chi connectivity index (χ4n) is 3.76. The number of rotatable bonds is 6. The fraction of sp³-hybridized carbons (Fsp3) is 0.0909. The van der Waals surface area contributed by atoms with Gasteiger partial charge in [0.2, 0.25) is 0 Å². The molecule has 0 atom stereocenters. The van der Waals surface area contributed by atoms with Gasteiger partial charge in [0.05, 0.1) is 22.5 Å². The molecular weight excluding hydrogens is 388 g/mol. The van der Waals surface area contributed by atoms with Gasteiger partial charge in [-0.15, -0.1) is 0 Å². The SMILES string of the molecule is O=C(O)CN1C(=O)C2=C(c3ccccc3)N(CC(=O)O)C(=O)C2=C1c1ccccc1. The Labute approximate surface area is 171 Å². The Bertz CT molecular complexity index is 1040. The Morgan fingerprint density at radius 2 is 0.967 bits per heavy atom. The van der Waals surface area contributed by atoms with Crippen molar-refractivity contribution in [2.24, 2.45) is 0 Å². The second-order valence-electron chi connectivity index (χ2n) is 6.75. The molecule has 30 heavy (non-hydrogen) atoms. The van der Waals surface area contributed by atoms with Crippen molar-refractivity contribution in [3.63, 3.8) is 0 Å². The van der Waals surface area contributed by atoms with E-state index >= 15 is 0 Å². The topological polar surface area (TPSA) is 115 Å². The fourth-order valence-corrected chi connectivity index (χ4v) is 3.76. The van der Waals surface area contributed by atoms with E-state index in [4.69, 9.17) is 0 Å². The molecule has 150 valence electrons. The number of carbonyl (C=O) groups excluding carboxylic acids is 2. The average molecular weight is 404 g/mol. The quantitative estimate of drug-likeness (QED) is 0.757. The third-order valence-corrected chi connectivity index (χ3v) is 4.86. The van der Waals surface area contributed by atoms with Crippen LogP contribution in [0.4, 0.5) is 0 Å². The standard InChI is InChI=1S/C22H16N2O6/c25-15(26)11-23-19(13-7-3-1-4-8-13)17-18(22(23)30)20(14-9-5-2-6-10-14)24(21(17)29)12-16(27)28/h1-10H,11-12H2,(H,25,26)(H,27,28). The maximum Gasteiger partial charge on any atom is 0.323 e. The molecule has 8 nitrogen and oxygen atoms in total. The Hall–Kier alpha value is -4.20. The maximum absolute atomic E-state index is 13.3. The van der Waals surface area contributed by atoms with Gasteiger partial charge in [-0.25, -0.2) is 0 Å². The molecule has 2 heterocycles. The number of carbonyl (C=O) groups is 4. The zero-order valence-corrected chi connectivity index (χ0v) is 15.6. The van der Waals surface area contributed by atoms with E-state index < -0.39 is 36.8 Å². The van der Waals surface area contributed by atoms with Crippen molar-refractivity contribution < 1.29 is 29.4 Å². The van der Waals surface area contributed by atoms with Crippen molar-refractivity contribution >= 4 is 35.1 Å². The molecule has 4 rings (SSSR count). The van der Waals surface area contributed by atoms with E-state index in [-0.39, 0.29) is 22.5 Å². The van der Waals surface area contributed by atoms with Gasteiger partial charge in [-0.3, -0.25) is 29.0 Å². The number of fused-ring (bicyclic) bond motifs is 1. The normalized spacial score (nSPS) is 15.9. The first-order chi connectivity index (χ1) is 14.4. The lowest BCUT2D eigenvalue weighted by molar-refractivity contribution is -0.140. The largest absolute Gasteiger partial charge is 0.480 e. The van der Waals surface area contributed by atoms with Crippen molar-refractivity contribution in [1.29, 1.82) is 0 Å². The van der Waals surface area contributed by atoms with E-state index in [0.717, 1.165) is 9.80 Å². The zero-order chi connectivity index (χ0) is 21.4. The molecule has 0 unspecified atom stereocenters. The van der Waals surface area contributed by atoms with Crippen molar-refractivity contribution in [3.8, 4) is 0 Å². The number of hydrogen-bond donors (Lipinski definition) is 2. The molecule has 2 amide bonds. The van der Waals surface area contributed by atoms with Crippen molar-refractivity contribution in [1.82, 2.24) is 9.80 Å². The summed E-state index contributed by atoms with van der Waals surface area (Å²) in [5.41, 5.74) is 1.37. The van der Waals surface area contributed by atoms with Crippen LogP contribution in [0.1, 0.15) is 11.1 Å². The zero-order valence-electron chi connectivity index (χ0n) is 15.6. The van der Waals surface area contributed by atoms with Gasteiger partial charge < -0.3 is 10.2 Å². The van der Waals surface area contributed by atoms with E-state index in [1.807, 2.05) is 0 Å². The van der Waals surface area contributed by atoms with Gasteiger partial charge in [0.25, 0.3) is 11.8 Å². The minimum atomic E-state index is -1.23. The minimum absolute atomic E-state index is 0.0209. The van der Waals surface area contributed by atoms with Crippen LogP contribution < -0.4 is 0 Å². The second-order valence-corrected chi connectivity index (χ2v) is 6.75. The summed E-state index contributed by atoms with van der Waals surface area (Å²) in [5, 5.41) is 18.7. The van der Waals surface area contributed by atoms with E-state index in [2.05, 4.69) is 0 Å². The van der Waals surface area contributed by atoms with Crippen LogP contribution in [-0.2, 0) is 19.2 Å². The van der Waals surface area contributed by atoms with Crippen LogP contribution in [-0.4, -0.2) is 56.9 Å². The second kappa shape index (κ2) is 7.32. The summed E-state index contributed by atoms with van der Waals surface area (Å²) in [5.74, 6) is -3.75. The Morgan fingerprint density at radius 3 is 1.27 bits per heavy atom. The van der Waals surface area contributed by atoms with Crippen LogP contribution in [0, 0.1) is 0 Å². The third-order valence-electron chi connectivity index (χ3n) is 4.86. The van der Waals surface area contributed by atoms with Gasteiger partial charge in [0, 0.05) is 0 Å². The van der Waals surface area contributed by atoms with E-state index in [1.54, 1.807) is 60.7 Å². The average Bonchev–Trinajstić information content (AvgIpc) is 3.15. The smallest absolute Gasteiger partial charge is 0.323 e. The van der Waals surface area contributed by atoms with Gasteiger partial charge in [0.1, 0.15) is 13.1 Å². The summed E-state index contributed by atoms with van der Waals surface area (Å²) in [6, 6.07) is 17.0. The number of hydrogen-bond acceptors (Lipinski definition) is 4. The Balaban J connectivity index is 2.01. The van der Waals surface area contributed by atoms with Crippen molar-refractivity contribution in [3.05, 3.63) is 82.9 Å². The predicted molar refractivity (Wildman–Crippen MR) is 105 cm³/mol. The molecule has 0 aromatic heterocycles. The minimum Gasteiger partial charge on any atom is -0.480 e. The highest BCUT2D eigenvalue weighted by atomic mass is 16.4. The molecule has 0 saturated carbocycles. The number of aliphatic carboxylic acids is 2. The molecule has 0 spiro atoms. The molecule has 8 heteroatoms. The van der Waals surface area contributed by atoms with Gasteiger partial charge in [-0.05, 0) is 11.1 Å². The lowest BCUT2D eigenvalue weighted by atomic mass is 10.0. The molecule has 2 aromatic rings. The molecule has 2 aliphatic rings. The highest BCUT2D eigenvalue weighted by molar-refractivity contribution is 6.30. The van der Waals surface area contributed by atoms with E-state index in [9.17, 15) is 29.4 Å². The summed E-state index contributed by atoms with van der Waals surface area (Å²) in [6.45, 7) is -1.24. The van der Waals surface area contributed by atoms with E-state index in [0.29, 0.717) is 11.1 Å². The molecule has 2 N–H and O–H groups in total. The number of benzene rings is 2. The van der Waals surface area contributed by atoms with Crippen LogP contribution in [0.25, 0.3) is 11.4 Å².